The van der Waals surface area contributed by atoms with E-state index in [1.807, 2.05) is 17.5 Å². The van der Waals surface area contributed by atoms with E-state index in [4.69, 9.17) is 10.6 Å². The predicted molar refractivity (Wildman–Crippen MR) is 64.7 cm³/mol. The molecular formula is C11H12N4OS. The lowest BCUT2D eigenvalue weighted by Crippen LogP contribution is -2.29. The molecule has 17 heavy (non-hydrogen) atoms. The Kier molecular flexibility index (Phi) is 2.76. The van der Waals surface area contributed by atoms with Crippen molar-refractivity contribution in [2.24, 2.45) is 5.84 Å². The van der Waals surface area contributed by atoms with Crippen molar-refractivity contribution in [3.8, 4) is 5.75 Å². The predicted octanol–water partition coefficient (Wildman–Crippen LogP) is 1.03. The number of nitrogens with one attached hydrogen (secondary N) is 1. The maximum absolute atomic E-state index is 5.67. The zero-order valence-corrected chi connectivity index (χ0v) is 9.91. The molecule has 0 fully saturated rings. The van der Waals surface area contributed by atoms with Crippen molar-refractivity contribution in [2.75, 3.05) is 6.61 Å². The van der Waals surface area contributed by atoms with Crippen LogP contribution in [-0.2, 0) is 6.42 Å². The fourth-order valence-corrected chi connectivity index (χ4v) is 2.58. The summed E-state index contributed by atoms with van der Waals surface area (Å²) in [5.41, 5.74) is 5.85. The summed E-state index contributed by atoms with van der Waals surface area (Å²) in [4.78, 5) is 0. The normalized spacial score (nSPS) is 15.4. The highest BCUT2D eigenvalue weighted by Crippen LogP contribution is 2.35. The topological polar surface area (TPSA) is 73.1 Å². The Bertz CT molecular complexity index is 514. The van der Waals surface area contributed by atoms with E-state index >= 15 is 0 Å². The van der Waals surface area contributed by atoms with Crippen molar-refractivity contribution in [3.63, 3.8) is 0 Å². The first kappa shape index (κ1) is 10.6. The van der Waals surface area contributed by atoms with Gasteiger partial charge in [-0.25, -0.2) is 5.43 Å². The SMILES string of the molecule is NNC(c1csnn1)c1cccc2c1OCC2. The van der Waals surface area contributed by atoms with Crippen molar-refractivity contribution in [3.05, 3.63) is 40.4 Å². The number of fused-ring (bicyclic) bond motifs is 1. The first-order chi connectivity index (χ1) is 8.40. The molecule has 0 saturated carbocycles. The summed E-state index contributed by atoms with van der Waals surface area (Å²) in [5.74, 6) is 6.56. The van der Waals surface area contributed by atoms with Crippen molar-refractivity contribution in [1.82, 2.24) is 15.0 Å². The Morgan fingerprint density at radius 2 is 2.41 bits per heavy atom. The van der Waals surface area contributed by atoms with Gasteiger partial charge in [-0.2, -0.15) is 0 Å². The second kappa shape index (κ2) is 4.40. The van der Waals surface area contributed by atoms with Crippen LogP contribution in [0.15, 0.2) is 23.6 Å². The third-order valence-electron chi connectivity index (χ3n) is 2.90. The highest BCUT2D eigenvalue weighted by atomic mass is 32.1. The second-order valence-electron chi connectivity index (χ2n) is 3.86. The minimum absolute atomic E-state index is 0.165. The molecule has 0 radical (unpaired) electrons. The summed E-state index contributed by atoms with van der Waals surface area (Å²) in [7, 11) is 0. The molecule has 0 aliphatic carbocycles. The monoisotopic (exact) mass is 248 g/mol. The molecule has 0 amide bonds. The van der Waals surface area contributed by atoms with Gasteiger partial charge in [0.05, 0.1) is 18.3 Å². The molecule has 0 saturated heterocycles. The minimum atomic E-state index is -0.165. The molecule has 3 rings (SSSR count). The summed E-state index contributed by atoms with van der Waals surface area (Å²) < 4.78 is 9.54. The van der Waals surface area contributed by atoms with E-state index in [0.717, 1.165) is 30.0 Å². The van der Waals surface area contributed by atoms with Crippen LogP contribution < -0.4 is 16.0 Å². The van der Waals surface area contributed by atoms with Crippen LogP contribution in [0.2, 0.25) is 0 Å². The number of hydrogen-bond donors (Lipinski definition) is 2. The fourth-order valence-electron chi connectivity index (χ4n) is 2.10. The summed E-state index contributed by atoms with van der Waals surface area (Å²) in [6.07, 6.45) is 0.954. The Balaban J connectivity index is 2.06. The van der Waals surface area contributed by atoms with Gasteiger partial charge >= 0.3 is 0 Å². The zero-order chi connectivity index (χ0) is 11.7. The number of ether oxygens (including phenoxy) is 1. The molecule has 1 aliphatic heterocycles. The molecule has 1 aromatic heterocycles. The molecule has 2 heterocycles. The number of hydrazine groups is 1. The van der Waals surface area contributed by atoms with Crippen molar-refractivity contribution in [2.45, 2.75) is 12.5 Å². The summed E-state index contributed by atoms with van der Waals surface area (Å²) >= 11 is 1.31. The van der Waals surface area contributed by atoms with Gasteiger partial charge in [-0.15, -0.1) is 5.10 Å². The molecule has 6 heteroatoms. The number of hydrogen-bond acceptors (Lipinski definition) is 6. The summed E-state index contributed by atoms with van der Waals surface area (Å²) in [6.45, 7) is 0.735. The average Bonchev–Trinajstić information content (AvgIpc) is 3.00. The van der Waals surface area contributed by atoms with Gasteiger partial charge in [0.2, 0.25) is 0 Å². The van der Waals surface area contributed by atoms with E-state index in [1.165, 1.54) is 17.1 Å². The first-order valence-electron chi connectivity index (χ1n) is 5.38. The third kappa shape index (κ3) is 1.80. The molecular weight excluding hydrogens is 236 g/mol. The number of aromatic nitrogens is 2. The maximum atomic E-state index is 5.67. The van der Waals surface area contributed by atoms with Gasteiger partial charge in [-0.3, -0.25) is 5.84 Å². The first-order valence-corrected chi connectivity index (χ1v) is 6.21. The van der Waals surface area contributed by atoms with Crippen LogP contribution >= 0.6 is 11.5 Å². The van der Waals surface area contributed by atoms with Gasteiger partial charge in [0.25, 0.3) is 0 Å². The zero-order valence-electron chi connectivity index (χ0n) is 9.09. The van der Waals surface area contributed by atoms with Gasteiger partial charge in [0, 0.05) is 17.4 Å². The van der Waals surface area contributed by atoms with Crippen LogP contribution in [0.25, 0.3) is 0 Å². The average molecular weight is 248 g/mol. The summed E-state index contributed by atoms with van der Waals surface area (Å²) in [6, 6.07) is 5.95. The highest BCUT2D eigenvalue weighted by Gasteiger charge is 2.23. The quantitative estimate of drug-likeness (QED) is 0.627. The van der Waals surface area contributed by atoms with E-state index in [0.29, 0.717) is 0 Å². The lowest BCUT2D eigenvalue weighted by atomic mass is 10.0. The fraction of sp³-hybridized carbons (Fsp3) is 0.273. The molecule has 3 N–H and O–H groups in total. The molecule has 2 aromatic rings. The minimum Gasteiger partial charge on any atom is -0.493 e. The third-order valence-corrected chi connectivity index (χ3v) is 3.42. The molecule has 0 spiro atoms. The van der Waals surface area contributed by atoms with Crippen molar-refractivity contribution in [1.29, 1.82) is 0 Å². The van der Waals surface area contributed by atoms with E-state index in [1.54, 1.807) is 0 Å². The van der Waals surface area contributed by atoms with E-state index < -0.39 is 0 Å². The van der Waals surface area contributed by atoms with Gasteiger partial charge < -0.3 is 4.74 Å². The van der Waals surface area contributed by atoms with Crippen LogP contribution in [0.1, 0.15) is 22.9 Å². The number of rotatable bonds is 3. The standard InChI is InChI=1S/C11H12N4OS/c12-13-10(9-6-17-15-14-9)8-3-1-2-7-4-5-16-11(7)8/h1-3,6,10,13H,4-5,12H2. The van der Waals surface area contributed by atoms with Crippen LogP contribution in [0, 0.1) is 0 Å². The smallest absolute Gasteiger partial charge is 0.127 e. The Labute approximate surface area is 103 Å². The van der Waals surface area contributed by atoms with E-state index in [9.17, 15) is 0 Å². The highest BCUT2D eigenvalue weighted by molar-refractivity contribution is 7.03. The number of nitrogens with two attached hydrogens (primary N) is 1. The molecule has 88 valence electrons. The van der Waals surface area contributed by atoms with Gasteiger partial charge in [0.1, 0.15) is 5.75 Å². The molecule has 1 unspecified atom stereocenters. The number of benzene rings is 1. The lowest BCUT2D eigenvalue weighted by molar-refractivity contribution is 0.350. The largest absolute Gasteiger partial charge is 0.493 e. The molecule has 5 nitrogen and oxygen atoms in total. The Hall–Kier alpha value is -1.50. The van der Waals surface area contributed by atoms with Crippen LogP contribution in [0.5, 0.6) is 5.75 Å². The second-order valence-corrected chi connectivity index (χ2v) is 4.47. The van der Waals surface area contributed by atoms with Gasteiger partial charge in [-0.1, -0.05) is 22.7 Å². The Morgan fingerprint density at radius 3 is 3.18 bits per heavy atom. The number of para-hydroxylation sites is 1. The molecule has 1 atom stereocenters. The van der Waals surface area contributed by atoms with Crippen molar-refractivity contribution < 1.29 is 4.74 Å². The number of nitrogens with zero attached hydrogens (tertiary/aromatic N) is 2. The summed E-state index contributed by atoms with van der Waals surface area (Å²) in [5, 5.41) is 5.95. The van der Waals surface area contributed by atoms with Crippen molar-refractivity contribution >= 4 is 11.5 Å². The lowest BCUT2D eigenvalue weighted by Gasteiger charge is -2.16. The van der Waals surface area contributed by atoms with Crippen LogP contribution in [-0.4, -0.2) is 16.2 Å². The van der Waals surface area contributed by atoms with E-state index in [2.05, 4.69) is 21.1 Å². The van der Waals surface area contributed by atoms with E-state index in [-0.39, 0.29) is 6.04 Å². The Morgan fingerprint density at radius 1 is 1.47 bits per heavy atom. The van der Waals surface area contributed by atoms with Gasteiger partial charge in [-0.05, 0) is 17.1 Å². The van der Waals surface area contributed by atoms with Crippen LogP contribution in [0.3, 0.4) is 0 Å². The maximum Gasteiger partial charge on any atom is 0.127 e. The molecule has 1 aromatic carbocycles. The van der Waals surface area contributed by atoms with Crippen LogP contribution in [0.4, 0.5) is 0 Å². The molecule has 0 bridgehead atoms. The van der Waals surface area contributed by atoms with Gasteiger partial charge in [0.15, 0.2) is 0 Å². The molecule has 1 aliphatic rings.